The van der Waals surface area contributed by atoms with Gasteiger partial charge in [-0.15, -0.1) is 0 Å². The van der Waals surface area contributed by atoms with Gasteiger partial charge in [0, 0.05) is 11.9 Å². The zero-order valence-corrected chi connectivity index (χ0v) is 16.0. The largest absolute Gasteiger partial charge is 0.459 e. The first-order valence-corrected chi connectivity index (χ1v) is 9.79. The van der Waals surface area contributed by atoms with E-state index in [9.17, 15) is 13.2 Å². The number of ether oxygens (including phenoxy) is 1. The van der Waals surface area contributed by atoms with Crippen LogP contribution in [-0.4, -0.2) is 37.4 Å². The van der Waals surface area contributed by atoms with E-state index in [1.54, 1.807) is 45.0 Å². The van der Waals surface area contributed by atoms with Gasteiger partial charge >= 0.3 is 5.97 Å². The molecule has 0 aliphatic heterocycles. The smallest absolute Gasteiger partial charge is 0.321 e. The topological polar surface area (TPSA) is 63.7 Å². The van der Waals surface area contributed by atoms with Crippen molar-refractivity contribution >= 4 is 26.8 Å². The normalized spacial score (nSPS) is 12.5. The molecule has 5 nitrogen and oxygen atoms in total. The molecule has 6 heteroatoms. The van der Waals surface area contributed by atoms with E-state index in [1.165, 1.54) is 4.31 Å². The van der Waals surface area contributed by atoms with Crippen molar-refractivity contribution in [3.63, 3.8) is 0 Å². The van der Waals surface area contributed by atoms with Crippen LogP contribution in [0.5, 0.6) is 0 Å². The SMILES string of the molecule is CCCN(CC(=O)OC(C)(C)C)S(=O)(=O)c1cccc2ccccc12. The van der Waals surface area contributed by atoms with Gasteiger partial charge in [-0.3, -0.25) is 4.79 Å². The summed E-state index contributed by atoms with van der Waals surface area (Å²) >= 11 is 0. The predicted octanol–water partition coefficient (Wildman–Crippen LogP) is 3.58. The molecular formula is C19H25NO4S. The van der Waals surface area contributed by atoms with Crippen molar-refractivity contribution in [2.75, 3.05) is 13.1 Å². The molecule has 0 aromatic heterocycles. The van der Waals surface area contributed by atoms with Crippen LogP contribution in [0.25, 0.3) is 10.8 Å². The number of fused-ring (bicyclic) bond motifs is 1. The molecule has 0 N–H and O–H groups in total. The Balaban J connectivity index is 2.40. The maximum Gasteiger partial charge on any atom is 0.321 e. The van der Waals surface area contributed by atoms with Gasteiger partial charge in [0.2, 0.25) is 10.0 Å². The van der Waals surface area contributed by atoms with E-state index in [2.05, 4.69) is 0 Å². The van der Waals surface area contributed by atoms with Gasteiger partial charge in [-0.2, -0.15) is 4.31 Å². The highest BCUT2D eigenvalue weighted by Gasteiger charge is 2.29. The first kappa shape index (κ1) is 19.4. The van der Waals surface area contributed by atoms with E-state index in [-0.39, 0.29) is 18.0 Å². The lowest BCUT2D eigenvalue weighted by Crippen LogP contribution is -2.39. The molecule has 2 rings (SSSR count). The molecule has 0 heterocycles. The van der Waals surface area contributed by atoms with E-state index >= 15 is 0 Å². The zero-order chi connectivity index (χ0) is 18.7. The van der Waals surface area contributed by atoms with Crippen LogP contribution in [0.15, 0.2) is 47.4 Å². The average Bonchev–Trinajstić information content (AvgIpc) is 2.52. The van der Waals surface area contributed by atoms with E-state index < -0.39 is 21.6 Å². The third-order valence-electron chi connectivity index (χ3n) is 3.57. The number of hydrogen-bond acceptors (Lipinski definition) is 4. The maximum atomic E-state index is 13.2. The lowest BCUT2D eigenvalue weighted by atomic mass is 10.1. The molecular weight excluding hydrogens is 338 g/mol. The van der Waals surface area contributed by atoms with Crippen LogP contribution < -0.4 is 0 Å². The molecule has 0 amide bonds. The quantitative estimate of drug-likeness (QED) is 0.736. The molecule has 0 saturated heterocycles. The molecule has 0 radical (unpaired) electrons. The maximum absolute atomic E-state index is 13.2. The summed E-state index contributed by atoms with van der Waals surface area (Å²) in [4.78, 5) is 12.4. The minimum Gasteiger partial charge on any atom is -0.459 e. The van der Waals surface area contributed by atoms with Gasteiger partial charge in [0.1, 0.15) is 12.1 Å². The van der Waals surface area contributed by atoms with E-state index in [4.69, 9.17) is 4.74 Å². The number of sulfonamides is 1. The molecule has 0 aliphatic carbocycles. The van der Waals surface area contributed by atoms with Crippen molar-refractivity contribution < 1.29 is 17.9 Å². The molecule has 0 bridgehead atoms. The molecule has 25 heavy (non-hydrogen) atoms. The number of esters is 1. The van der Waals surface area contributed by atoms with Crippen LogP contribution >= 0.6 is 0 Å². The molecule has 0 spiro atoms. The minimum absolute atomic E-state index is 0.211. The molecule has 0 fully saturated rings. The van der Waals surface area contributed by atoms with Crippen LogP contribution in [0.2, 0.25) is 0 Å². The van der Waals surface area contributed by atoms with Crippen molar-refractivity contribution in [3.05, 3.63) is 42.5 Å². The van der Waals surface area contributed by atoms with Gasteiger partial charge < -0.3 is 4.74 Å². The summed E-state index contributed by atoms with van der Waals surface area (Å²) in [5.74, 6) is -0.551. The van der Waals surface area contributed by atoms with Gasteiger partial charge in [-0.1, -0.05) is 43.3 Å². The Bertz CT molecular complexity index is 848. The molecule has 0 saturated carbocycles. The Hall–Kier alpha value is -1.92. The lowest BCUT2D eigenvalue weighted by molar-refractivity contribution is -0.154. The third kappa shape index (κ3) is 4.80. The average molecular weight is 363 g/mol. The number of carbonyl (C=O) groups excluding carboxylic acids is 1. The van der Waals surface area contributed by atoms with Crippen molar-refractivity contribution in [1.82, 2.24) is 4.31 Å². The van der Waals surface area contributed by atoms with Crippen molar-refractivity contribution in [1.29, 1.82) is 0 Å². The second-order valence-electron chi connectivity index (χ2n) is 6.90. The Labute approximate surface area is 149 Å². The monoisotopic (exact) mass is 363 g/mol. The Morgan fingerprint density at radius 2 is 1.72 bits per heavy atom. The second kappa shape index (κ2) is 7.54. The first-order chi connectivity index (χ1) is 11.6. The van der Waals surface area contributed by atoms with E-state index in [0.29, 0.717) is 11.8 Å². The zero-order valence-electron chi connectivity index (χ0n) is 15.2. The van der Waals surface area contributed by atoms with Crippen molar-refractivity contribution in [2.45, 2.75) is 44.6 Å². The Kier molecular flexibility index (Phi) is 5.85. The van der Waals surface area contributed by atoms with Crippen LogP contribution in [0.3, 0.4) is 0 Å². The van der Waals surface area contributed by atoms with Crippen molar-refractivity contribution in [2.24, 2.45) is 0 Å². The van der Waals surface area contributed by atoms with Gasteiger partial charge in [0.05, 0.1) is 4.90 Å². The fraction of sp³-hybridized carbons (Fsp3) is 0.421. The summed E-state index contributed by atoms with van der Waals surface area (Å²) in [6.07, 6.45) is 0.604. The summed E-state index contributed by atoms with van der Waals surface area (Å²) in [5, 5.41) is 1.49. The van der Waals surface area contributed by atoms with Gasteiger partial charge in [0.15, 0.2) is 0 Å². The fourth-order valence-electron chi connectivity index (χ4n) is 2.61. The fourth-order valence-corrected chi connectivity index (χ4v) is 4.30. The highest BCUT2D eigenvalue weighted by atomic mass is 32.2. The van der Waals surface area contributed by atoms with Crippen LogP contribution in [0, 0.1) is 0 Å². The summed E-state index contributed by atoms with van der Waals surface area (Å²) in [6.45, 7) is 7.11. The number of benzene rings is 2. The Morgan fingerprint density at radius 3 is 2.36 bits per heavy atom. The van der Waals surface area contributed by atoms with E-state index in [1.807, 2.05) is 25.1 Å². The Morgan fingerprint density at radius 1 is 1.08 bits per heavy atom. The highest BCUT2D eigenvalue weighted by Crippen LogP contribution is 2.26. The molecule has 136 valence electrons. The third-order valence-corrected chi connectivity index (χ3v) is 5.47. The summed E-state index contributed by atoms with van der Waals surface area (Å²) in [7, 11) is -3.81. The number of nitrogens with zero attached hydrogens (tertiary/aromatic N) is 1. The first-order valence-electron chi connectivity index (χ1n) is 8.35. The summed E-state index contributed by atoms with van der Waals surface area (Å²) in [6, 6.07) is 12.5. The second-order valence-corrected chi connectivity index (χ2v) is 8.81. The minimum atomic E-state index is -3.81. The van der Waals surface area contributed by atoms with Crippen molar-refractivity contribution in [3.8, 4) is 0 Å². The molecule has 2 aromatic carbocycles. The number of rotatable bonds is 6. The van der Waals surface area contributed by atoms with Crippen LogP contribution in [0.4, 0.5) is 0 Å². The van der Waals surface area contributed by atoms with E-state index in [0.717, 1.165) is 5.39 Å². The van der Waals surface area contributed by atoms with Crippen LogP contribution in [0.1, 0.15) is 34.1 Å². The van der Waals surface area contributed by atoms with Gasteiger partial charge in [-0.25, -0.2) is 8.42 Å². The molecule has 0 atom stereocenters. The number of hydrogen-bond donors (Lipinski definition) is 0. The molecule has 0 aliphatic rings. The lowest BCUT2D eigenvalue weighted by Gasteiger charge is -2.25. The number of carbonyl (C=O) groups is 1. The highest BCUT2D eigenvalue weighted by molar-refractivity contribution is 7.89. The predicted molar refractivity (Wildman–Crippen MR) is 98.8 cm³/mol. The van der Waals surface area contributed by atoms with Crippen LogP contribution in [-0.2, 0) is 19.6 Å². The standard InChI is InChI=1S/C19H25NO4S/c1-5-13-20(14-18(21)24-19(2,3)4)25(22,23)17-12-8-10-15-9-6-7-11-16(15)17/h6-12H,5,13-14H2,1-4H3. The van der Waals surface area contributed by atoms with Gasteiger partial charge in [0.25, 0.3) is 0 Å². The van der Waals surface area contributed by atoms with Gasteiger partial charge in [-0.05, 0) is 38.6 Å². The molecule has 2 aromatic rings. The molecule has 0 unspecified atom stereocenters. The summed E-state index contributed by atoms with van der Waals surface area (Å²) < 4.78 is 32.8. The summed E-state index contributed by atoms with van der Waals surface area (Å²) in [5.41, 5.74) is -0.655.